The molecule has 0 atom stereocenters. The molecule has 0 bridgehead atoms. The molecule has 5 nitrogen and oxygen atoms in total. The van der Waals surface area contributed by atoms with E-state index in [0.717, 1.165) is 18.5 Å². The Morgan fingerprint density at radius 3 is 2.52 bits per heavy atom. The number of guanidine groups is 1. The van der Waals surface area contributed by atoms with Gasteiger partial charge in [-0.05, 0) is 30.5 Å². The largest absolute Gasteiger partial charge is 0.382 e. The number of aryl methyl sites for hydroxylation is 1. The van der Waals surface area contributed by atoms with Crippen LogP contribution in [0.3, 0.4) is 0 Å². The molecule has 0 spiro atoms. The minimum Gasteiger partial charge on any atom is -0.382 e. The molecule has 1 rings (SSSR count). The summed E-state index contributed by atoms with van der Waals surface area (Å²) in [7, 11) is 1.66. The minimum atomic E-state index is 0. The molecular weight excluding hydrogens is 381 g/mol. The van der Waals surface area contributed by atoms with E-state index in [1.54, 1.807) is 7.11 Å². The highest BCUT2D eigenvalue weighted by atomic mass is 127. The van der Waals surface area contributed by atoms with Crippen molar-refractivity contribution in [1.29, 1.82) is 0 Å². The molecule has 0 saturated carbocycles. The monoisotopic (exact) mass is 407 g/mol. The van der Waals surface area contributed by atoms with Crippen LogP contribution in [0.4, 0.5) is 5.69 Å². The molecule has 6 heteroatoms. The van der Waals surface area contributed by atoms with Crippen LogP contribution >= 0.6 is 24.0 Å². The third kappa shape index (κ3) is 9.65. The Bertz CT molecular complexity index is 396. The van der Waals surface area contributed by atoms with Crippen molar-refractivity contribution in [1.82, 2.24) is 0 Å². The number of methoxy groups -OCH3 is 1. The number of halogens is 1. The molecule has 21 heavy (non-hydrogen) atoms. The highest BCUT2D eigenvalue weighted by Crippen LogP contribution is 2.09. The van der Waals surface area contributed by atoms with Gasteiger partial charge < -0.3 is 20.5 Å². The lowest BCUT2D eigenvalue weighted by Gasteiger charge is -2.06. The van der Waals surface area contributed by atoms with Gasteiger partial charge in [-0.1, -0.05) is 19.1 Å². The standard InChI is InChI=1S/C15H25N3O2.HI/c1-3-13-5-7-14(8-6-13)18-15(16)17-9-4-10-20-12-11-19-2;/h5-8H,3-4,9-12H2,1-2H3,(H3,16,17,18);1H. The molecule has 1 aromatic carbocycles. The molecule has 1 aromatic rings. The maximum Gasteiger partial charge on any atom is 0.193 e. The van der Waals surface area contributed by atoms with Gasteiger partial charge in [0.15, 0.2) is 5.96 Å². The van der Waals surface area contributed by atoms with Crippen molar-refractivity contribution in [3.05, 3.63) is 29.8 Å². The van der Waals surface area contributed by atoms with Crippen LogP contribution in [0.5, 0.6) is 0 Å². The zero-order valence-electron chi connectivity index (χ0n) is 12.8. The molecule has 0 aliphatic heterocycles. The molecule has 0 radical (unpaired) electrons. The van der Waals surface area contributed by atoms with Crippen LogP contribution in [0.2, 0.25) is 0 Å². The van der Waals surface area contributed by atoms with Crippen molar-refractivity contribution in [3.8, 4) is 0 Å². The molecule has 3 N–H and O–H groups in total. The predicted molar refractivity (Wildman–Crippen MR) is 98.7 cm³/mol. The summed E-state index contributed by atoms with van der Waals surface area (Å²) in [4.78, 5) is 4.25. The summed E-state index contributed by atoms with van der Waals surface area (Å²) in [6, 6.07) is 8.18. The highest BCUT2D eigenvalue weighted by Gasteiger charge is 1.95. The third-order valence-electron chi connectivity index (χ3n) is 2.80. The number of anilines is 1. The Labute approximate surface area is 144 Å². The first kappa shape index (κ1) is 20.1. The number of rotatable bonds is 9. The van der Waals surface area contributed by atoms with Crippen molar-refractivity contribution in [3.63, 3.8) is 0 Å². The molecule has 0 aliphatic rings. The van der Waals surface area contributed by atoms with E-state index in [1.807, 2.05) is 12.1 Å². The lowest BCUT2D eigenvalue weighted by molar-refractivity contribution is 0.0702. The number of benzene rings is 1. The summed E-state index contributed by atoms with van der Waals surface area (Å²) in [6.07, 6.45) is 1.88. The topological polar surface area (TPSA) is 68.9 Å². The summed E-state index contributed by atoms with van der Waals surface area (Å²) in [6.45, 7) is 4.70. The summed E-state index contributed by atoms with van der Waals surface area (Å²) < 4.78 is 10.2. The van der Waals surface area contributed by atoms with Gasteiger partial charge >= 0.3 is 0 Å². The molecule has 0 unspecified atom stereocenters. The summed E-state index contributed by atoms with van der Waals surface area (Å²) in [5.74, 6) is 0.436. The second kappa shape index (κ2) is 12.8. The Kier molecular flexibility index (Phi) is 12.3. The second-order valence-electron chi connectivity index (χ2n) is 4.40. The van der Waals surface area contributed by atoms with Crippen LogP contribution in [0.15, 0.2) is 29.3 Å². The van der Waals surface area contributed by atoms with Gasteiger partial charge in [0, 0.05) is 25.9 Å². The van der Waals surface area contributed by atoms with Gasteiger partial charge in [-0.25, -0.2) is 0 Å². The van der Waals surface area contributed by atoms with Crippen molar-refractivity contribution in [2.75, 3.05) is 38.8 Å². The van der Waals surface area contributed by atoms with E-state index < -0.39 is 0 Å². The normalized spacial score (nSPS) is 11.0. The van der Waals surface area contributed by atoms with E-state index >= 15 is 0 Å². The molecular formula is C15H26IN3O2. The average Bonchev–Trinajstić information content (AvgIpc) is 2.47. The number of nitrogens with two attached hydrogens (primary N) is 1. The van der Waals surface area contributed by atoms with Gasteiger partial charge in [0.2, 0.25) is 0 Å². The van der Waals surface area contributed by atoms with Gasteiger partial charge in [-0.3, -0.25) is 4.99 Å². The number of nitrogens with one attached hydrogen (secondary N) is 1. The highest BCUT2D eigenvalue weighted by molar-refractivity contribution is 14.0. The smallest absolute Gasteiger partial charge is 0.193 e. The fourth-order valence-electron chi connectivity index (χ4n) is 1.62. The van der Waals surface area contributed by atoms with E-state index in [-0.39, 0.29) is 24.0 Å². The van der Waals surface area contributed by atoms with Gasteiger partial charge in [0.25, 0.3) is 0 Å². The van der Waals surface area contributed by atoms with Gasteiger partial charge in [0.05, 0.1) is 13.2 Å². The lowest BCUT2D eigenvalue weighted by atomic mass is 10.1. The Morgan fingerprint density at radius 2 is 1.90 bits per heavy atom. The first-order valence-corrected chi connectivity index (χ1v) is 6.98. The van der Waals surface area contributed by atoms with Crippen molar-refractivity contribution < 1.29 is 9.47 Å². The summed E-state index contributed by atoms with van der Waals surface area (Å²) >= 11 is 0. The van der Waals surface area contributed by atoms with Crippen molar-refractivity contribution >= 4 is 35.6 Å². The Hall–Kier alpha value is -0.860. The number of aliphatic imine (C=N–C) groups is 1. The fraction of sp³-hybridized carbons (Fsp3) is 0.533. The summed E-state index contributed by atoms with van der Waals surface area (Å²) in [5, 5.41) is 3.07. The van der Waals surface area contributed by atoms with Crippen LogP contribution < -0.4 is 11.1 Å². The van der Waals surface area contributed by atoms with Crippen molar-refractivity contribution in [2.24, 2.45) is 10.7 Å². The summed E-state index contributed by atoms with van der Waals surface area (Å²) in [5.41, 5.74) is 8.08. The van der Waals surface area contributed by atoms with Gasteiger partial charge in [-0.15, -0.1) is 24.0 Å². The number of hydrogen-bond acceptors (Lipinski definition) is 3. The maximum absolute atomic E-state index is 5.82. The van der Waals surface area contributed by atoms with E-state index in [0.29, 0.717) is 32.3 Å². The van der Waals surface area contributed by atoms with Crippen LogP contribution in [-0.2, 0) is 15.9 Å². The van der Waals surface area contributed by atoms with Crippen LogP contribution in [-0.4, -0.2) is 39.4 Å². The first-order valence-electron chi connectivity index (χ1n) is 6.98. The van der Waals surface area contributed by atoms with Crippen molar-refractivity contribution in [2.45, 2.75) is 19.8 Å². The van der Waals surface area contributed by atoms with E-state index in [1.165, 1.54) is 5.56 Å². The SMILES string of the molecule is CCc1ccc(NC(N)=NCCCOCCOC)cc1.I. The van der Waals surface area contributed by atoms with Crippen LogP contribution in [0.25, 0.3) is 0 Å². The number of nitrogens with zero attached hydrogens (tertiary/aromatic N) is 1. The molecule has 0 fully saturated rings. The van der Waals surface area contributed by atoms with E-state index in [2.05, 4.69) is 29.4 Å². The average molecular weight is 407 g/mol. The molecule has 0 saturated heterocycles. The molecule has 0 amide bonds. The Morgan fingerprint density at radius 1 is 1.19 bits per heavy atom. The van der Waals surface area contributed by atoms with Gasteiger partial charge in [0.1, 0.15) is 0 Å². The maximum atomic E-state index is 5.82. The predicted octanol–water partition coefficient (Wildman–Crippen LogP) is 2.65. The minimum absolute atomic E-state index is 0. The molecule has 0 heterocycles. The fourth-order valence-corrected chi connectivity index (χ4v) is 1.62. The molecule has 120 valence electrons. The molecule has 0 aromatic heterocycles. The van der Waals surface area contributed by atoms with Crippen LogP contribution in [0, 0.1) is 0 Å². The first-order chi connectivity index (χ1) is 9.76. The van der Waals surface area contributed by atoms with E-state index in [9.17, 15) is 0 Å². The second-order valence-corrected chi connectivity index (χ2v) is 4.40. The third-order valence-corrected chi connectivity index (χ3v) is 2.80. The van der Waals surface area contributed by atoms with Gasteiger partial charge in [-0.2, -0.15) is 0 Å². The number of hydrogen-bond donors (Lipinski definition) is 2. The lowest BCUT2D eigenvalue weighted by Crippen LogP contribution is -2.23. The molecule has 0 aliphatic carbocycles. The van der Waals surface area contributed by atoms with E-state index in [4.69, 9.17) is 15.2 Å². The zero-order valence-corrected chi connectivity index (χ0v) is 15.1. The zero-order chi connectivity index (χ0) is 14.6. The number of ether oxygens (including phenoxy) is 2. The van der Waals surface area contributed by atoms with Crippen LogP contribution in [0.1, 0.15) is 18.9 Å². The Balaban J connectivity index is 0.00000400. The quantitative estimate of drug-likeness (QED) is 0.286.